The van der Waals surface area contributed by atoms with Crippen LogP contribution < -0.4 is 4.74 Å². The first-order chi connectivity index (χ1) is 10.8. The predicted octanol–water partition coefficient (Wildman–Crippen LogP) is 3.85. The molecule has 2 rings (SSSR count). The fourth-order valence-electron chi connectivity index (χ4n) is 2.00. The summed E-state index contributed by atoms with van der Waals surface area (Å²) in [6.45, 7) is 1.51. The van der Waals surface area contributed by atoms with Crippen molar-refractivity contribution in [3.05, 3.63) is 27.1 Å². The van der Waals surface area contributed by atoms with Gasteiger partial charge in [0.25, 0.3) is 5.91 Å². The van der Waals surface area contributed by atoms with E-state index >= 15 is 0 Å². The molecule has 0 spiro atoms. The van der Waals surface area contributed by atoms with E-state index in [0.717, 1.165) is 11.3 Å². The first-order valence-corrected chi connectivity index (χ1v) is 8.21. The van der Waals surface area contributed by atoms with E-state index in [0.29, 0.717) is 20.9 Å². The minimum absolute atomic E-state index is 0.204. The van der Waals surface area contributed by atoms with Crippen molar-refractivity contribution in [2.75, 3.05) is 21.2 Å². The zero-order chi connectivity index (χ0) is 17.3. The number of rotatable bonds is 4. The monoisotopic (exact) mass is 375 g/mol. The molecule has 0 bridgehead atoms. The first-order valence-electron chi connectivity index (χ1n) is 6.64. The quantitative estimate of drug-likeness (QED) is 0.761. The molecule has 23 heavy (non-hydrogen) atoms. The minimum Gasteiger partial charge on any atom is -0.495 e. The third-order valence-corrected chi connectivity index (χ3v) is 5.37. The van der Waals surface area contributed by atoms with Gasteiger partial charge in [-0.05, 0) is 19.1 Å². The molecule has 0 unspecified atom stereocenters. The summed E-state index contributed by atoms with van der Waals surface area (Å²) in [6.07, 6.45) is -0.899. The van der Waals surface area contributed by atoms with Gasteiger partial charge in [0.2, 0.25) is 0 Å². The Balaban J connectivity index is 2.36. The maximum Gasteiger partial charge on any atom is 0.350 e. The number of likely N-dealkylation sites (N-methyl/N-ethyl adjacent to an activating group) is 1. The molecule has 8 heteroatoms. The van der Waals surface area contributed by atoms with Gasteiger partial charge in [-0.2, -0.15) is 0 Å². The van der Waals surface area contributed by atoms with Crippen LogP contribution in [0, 0.1) is 0 Å². The molecule has 0 fully saturated rings. The Hall–Kier alpha value is -1.50. The molecule has 2 aromatic rings. The van der Waals surface area contributed by atoms with Crippen LogP contribution in [0.5, 0.6) is 5.75 Å². The minimum atomic E-state index is -0.899. The summed E-state index contributed by atoms with van der Waals surface area (Å²) < 4.78 is 11.0. The summed E-state index contributed by atoms with van der Waals surface area (Å²) >= 11 is 13.6. The number of amides is 1. The van der Waals surface area contributed by atoms with Gasteiger partial charge in [0.15, 0.2) is 6.10 Å². The Morgan fingerprint density at radius 1 is 1.22 bits per heavy atom. The van der Waals surface area contributed by atoms with Crippen molar-refractivity contribution in [2.24, 2.45) is 0 Å². The van der Waals surface area contributed by atoms with E-state index in [1.165, 1.54) is 18.9 Å². The second-order valence-electron chi connectivity index (χ2n) is 4.98. The number of ether oxygens (including phenoxy) is 2. The number of methoxy groups -OCH3 is 1. The average molecular weight is 376 g/mol. The van der Waals surface area contributed by atoms with Gasteiger partial charge in [-0.1, -0.05) is 23.2 Å². The maximum atomic E-state index is 12.3. The average Bonchev–Trinajstić information content (AvgIpc) is 2.85. The molecule has 1 aromatic carbocycles. The SMILES string of the molecule is COc1ccc2c(Cl)c(C(=O)O[C@H](C)C(=O)N(C)C)sc2c1Cl. The lowest BCUT2D eigenvalue weighted by molar-refractivity contribution is -0.137. The van der Waals surface area contributed by atoms with E-state index in [1.54, 1.807) is 26.2 Å². The number of fused-ring (bicyclic) bond motifs is 1. The number of halogens is 2. The van der Waals surface area contributed by atoms with E-state index < -0.39 is 12.1 Å². The molecule has 124 valence electrons. The Morgan fingerprint density at radius 2 is 1.87 bits per heavy atom. The van der Waals surface area contributed by atoms with Crippen LogP contribution >= 0.6 is 34.5 Å². The largest absolute Gasteiger partial charge is 0.495 e. The van der Waals surface area contributed by atoms with Gasteiger partial charge in [-0.3, -0.25) is 4.79 Å². The van der Waals surface area contributed by atoms with Crippen molar-refractivity contribution in [1.82, 2.24) is 4.90 Å². The molecule has 1 amide bonds. The number of hydrogen-bond acceptors (Lipinski definition) is 5. The summed E-state index contributed by atoms with van der Waals surface area (Å²) in [5.41, 5.74) is 0. The molecule has 0 saturated heterocycles. The topological polar surface area (TPSA) is 55.8 Å². The van der Waals surface area contributed by atoms with Gasteiger partial charge in [0.05, 0.1) is 16.8 Å². The van der Waals surface area contributed by atoms with Crippen molar-refractivity contribution < 1.29 is 19.1 Å². The molecule has 1 aromatic heterocycles. The Morgan fingerprint density at radius 3 is 2.43 bits per heavy atom. The molecule has 5 nitrogen and oxygen atoms in total. The molecule has 0 saturated carbocycles. The molecule has 0 aliphatic carbocycles. The van der Waals surface area contributed by atoms with Gasteiger partial charge in [-0.15, -0.1) is 11.3 Å². The van der Waals surface area contributed by atoms with Crippen molar-refractivity contribution in [1.29, 1.82) is 0 Å². The highest BCUT2D eigenvalue weighted by Crippen LogP contribution is 2.43. The number of esters is 1. The summed E-state index contributed by atoms with van der Waals surface area (Å²) in [4.78, 5) is 25.6. The lowest BCUT2D eigenvalue weighted by atomic mass is 10.2. The van der Waals surface area contributed by atoms with Crippen LogP contribution in [0.4, 0.5) is 0 Å². The zero-order valence-electron chi connectivity index (χ0n) is 13.0. The second kappa shape index (κ2) is 6.95. The highest BCUT2D eigenvalue weighted by molar-refractivity contribution is 7.22. The number of hydrogen-bond donors (Lipinski definition) is 0. The molecule has 0 aliphatic heterocycles. The third-order valence-electron chi connectivity index (χ3n) is 3.18. The van der Waals surface area contributed by atoms with Crippen molar-refractivity contribution in [2.45, 2.75) is 13.0 Å². The highest BCUT2D eigenvalue weighted by Gasteiger charge is 2.25. The van der Waals surface area contributed by atoms with E-state index in [1.807, 2.05) is 0 Å². The standard InChI is InChI=1S/C15H15Cl2NO4S/c1-7(14(19)18(2)3)22-15(20)13-10(16)8-5-6-9(21-4)11(17)12(8)23-13/h5-7H,1-4H3/t7-/m1/s1. The maximum absolute atomic E-state index is 12.3. The lowest BCUT2D eigenvalue weighted by Crippen LogP contribution is -2.34. The third kappa shape index (κ3) is 3.39. The molecular weight excluding hydrogens is 361 g/mol. The highest BCUT2D eigenvalue weighted by atomic mass is 35.5. The molecule has 1 atom stereocenters. The van der Waals surface area contributed by atoms with Gasteiger partial charge in [0.1, 0.15) is 15.6 Å². The first kappa shape index (κ1) is 17.8. The lowest BCUT2D eigenvalue weighted by Gasteiger charge is -2.16. The summed E-state index contributed by atoms with van der Waals surface area (Å²) in [5, 5.41) is 1.28. The molecule has 0 aliphatic rings. The van der Waals surface area contributed by atoms with Crippen molar-refractivity contribution in [3.8, 4) is 5.75 Å². The van der Waals surface area contributed by atoms with E-state index in [2.05, 4.69) is 0 Å². The molecule has 0 N–H and O–H groups in total. The summed E-state index contributed by atoms with van der Waals surface area (Å²) in [5.74, 6) is -0.475. The van der Waals surface area contributed by atoms with Gasteiger partial charge in [-0.25, -0.2) is 4.79 Å². The second-order valence-corrected chi connectivity index (χ2v) is 6.76. The smallest absolute Gasteiger partial charge is 0.350 e. The van der Waals surface area contributed by atoms with Crippen LogP contribution in [0.15, 0.2) is 12.1 Å². The number of carbonyl (C=O) groups excluding carboxylic acids is 2. The predicted molar refractivity (Wildman–Crippen MR) is 92.0 cm³/mol. The van der Waals surface area contributed by atoms with Crippen LogP contribution in [-0.4, -0.2) is 44.1 Å². The molecular formula is C15H15Cl2NO4S. The number of thiophene rings is 1. The Kier molecular flexibility index (Phi) is 5.39. The van der Waals surface area contributed by atoms with Gasteiger partial charge >= 0.3 is 5.97 Å². The van der Waals surface area contributed by atoms with Crippen LogP contribution in [0.3, 0.4) is 0 Å². The van der Waals surface area contributed by atoms with Crippen LogP contribution in [0.25, 0.3) is 10.1 Å². The van der Waals surface area contributed by atoms with Crippen LogP contribution in [0.2, 0.25) is 10.0 Å². The van der Waals surface area contributed by atoms with Crippen molar-refractivity contribution in [3.63, 3.8) is 0 Å². The fraction of sp³-hybridized carbons (Fsp3) is 0.333. The zero-order valence-corrected chi connectivity index (χ0v) is 15.3. The number of carbonyl (C=O) groups is 2. The summed E-state index contributed by atoms with van der Waals surface area (Å²) in [6, 6.07) is 3.40. The normalized spacial score (nSPS) is 12.1. The van der Waals surface area contributed by atoms with E-state index in [-0.39, 0.29) is 15.8 Å². The van der Waals surface area contributed by atoms with Crippen LogP contribution in [-0.2, 0) is 9.53 Å². The van der Waals surface area contributed by atoms with Crippen molar-refractivity contribution >= 4 is 56.5 Å². The van der Waals surface area contributed by atoms with E-state index in [9.17, 15) is 9.59 Å². The fourth-order valence-corrected chi connectivity index (χ4v) is 3.77. The Bertz CT molecular complexity index is 772. The van der Waals surface area contributed by atoms with Crippen LogP contribution in [0.1, 0.15) is 16.6 Å². The Labute approximate surface area is 147 Å². The molecule has 1 heterocycles. The van der Waals surface area contributed by atoms with Gasteiger partial charge < -0.3 is 14.4 Å². The van der Waals surface area contributed by atoms with Gasteiger partial charge in [0, 0.05) is 19.5 Å². The molecule has 0 radical (unpaired) electrons. The van der Waals surface area contributed by atoms with E-state index in [4.69, 9.17) is 32.7 Å². The summed E-state index contributed by atoms with van der Waals surface area (Å²) in [7, 11) is 4.68. The number of benzene rings is 1. The number of nitrogens with zero attached hydrogens (tertiary/aromatic N) is 1.